The Morgan fingerprint density at radius 3 is 2.21 bits per heavy atom. The normalized spacial score (nSPS) is 16.3. The van der Waals surface area contributed by atoms with Crippen molar-refractivity contribution >= 4 is 11.0 Å². The molecule has 1 unspecified atom stereocenters. The minimum absolute atomic E-state index is 0.0361. The van der Waals surface area contributed by atoms with Crippen molar-refractivity contribution in [2.75, 3.05) is 32.7 Å². The summed E-state index contributed by atoms with van der Waals surface area (Å²) in [5.41, 5.74) is 4.18. The van der Waals surface area contributed by atoms with Gasteiger partial charge in [-0.2, -0.15) is 0 Å². The molecule has 6 heteroatoms. The van der Waals surface area contributed by atoms with Gasteiger partial charge in [0.1, 0.15) is 5.82 Å². The number of aromatic nitrogens is 2. The van der Waals surface area contributed by atoms with Crippen LogP contribution < -0.4 is 5.69 Å². The summed E-state index contributed by atoms with van der Waals surface area (Å²) >= 11 is 0. The highest BCUT2D eigenvalue weighted by Gasteiger charge is 2.26. The molecule has 0 amide bonds. The molecule has 2 heterocycles. The van der Waals surface area contributed by atoms with Gasteiger partial charge in [-0.3, -0.25) is 9.47 Å². The molecule has 0 spiro atoms. The molecule has 4 aromatic rings. The zero-order chi connectivity index (χ0) is 22.6. The van der Waals surface area contributed by atoms with Crippen LogP contribution in [0.4, 0.5) is 4.39 Å². The van der Waals surface area contributed by atoms with Crippen LogP contribution >= 0.6 is 0 Å². The van der Waals surface area contributed by atoms with Crippen molar-refractivity contribution in [3.8, 4) is 0 Å². The third-order valence-electron chi connectivity index (χ3n) is 6.61. The van der Waals surface area contributed by atoms with Crippen molar-refractivity contribution < 1.29 is 4.39 Å². The quantitative estimate of drug-likeness (QED) is 0.463. The van der Waals surface area contributed by atoms with E-state index in [0.717, 1.165) is 55.7 Å². The highest BCUT2D eigenvalue weighted by Crippen LogP contribution is 2.29. The fourth-order valence-electron chi connectivity index (χ4n) is 4.92. The summed E-state index contributed by atoms with van der Waals surface area (Å²) in [6.45, 7) is 5.53. The summed E-state index contributed by atoms with van der Waals surface area (Å²) in [7, 11) is 0. The maximum absolute atomic E-state index is 13.5. The van der Waals surface area contributed by atoms with Gasteiger partial charge < -0.3 is 9.88 Å². The first-order chi connectivity index (χ1) is 16.2. The van der Waals surface area contributed by atoms with Crippen LogP contribution in [0, 0.1) is 5.82 Å². The summed E-state index contributed by atoms with van der Waals surface area (Å²) in [6, 6.07) is 25.3. The van der Waals surface area contributed by atoms with Crippen LogP contribution in [0.15, 0.2) is 83.7 Å². The van der Waals surface area contributed by atoms with Gasteiger partial charge in [0, 0.05) is 32.7 Å². The van der Waals surface area contributed by atoms with E-state index < -0.39 is 0 Å². The maximum atomic E-state index is 13.5. The number of nitrogens with zero attached hydrogens (tertiary/aromatic N) is 3. The molecule has 1 aliphatic rings. The Hall–Kier alpha value is -3.22. The zero-order valence-electron chi connectivity index (χ0n) is 18.7. The minimum Gasteiger partial charge on any atom is -0.306 e. The summed E-state index contributed by atoms with van der Waals surface area (Å²) < 4.78 is 15.4. The molecular formula is C27H29FN4O. The monoisotopic (exact) mass is 444 g/mol. The number of imidazole rings is 1. The third-order valence-corrected chi connectivity index (χ3v) is 6.61. The largest absolute Gasteiger partial charge is 0.326 e. The van der Waals surface area contributed by atoms with Crippen LogP contribution in [0.2, 0.25) is 0 Å². The molecular weight excluding hydrogens is 415 g/mol. The van der Waals surface area contributed by atoms with Crippen LogP contribution in [0.1, 0.15) is 23.6 Å². The second-order valence-electron chi connectivity index (χ2n) is 8.69. The first-order valence-electron chi connectivity index (χ1n) is 11.6. The average molecular weight is 445 g/mol. The Bertz CT molecular complexity index is 1240. The lowest BCUT2D eigenvalue weighted by molar-refractivity contribution is 0.108. The van der Waals surface area contributed by atoms with Gasteiger partial charge in [-0.25, -0.2) is 9.18 Å². The molecule has 1 aliphatic heterocycles. The van der Waals surface area contributed by atoms with E-state index in [1.165, 1.54) is 5.56 Å². The summed E-state index contributed by atoms with van der Waals surface area (Å²) in [6.07, 6.45) is 0.932. The van der Waals surface area contributed by atoms with Crippen LogP contribution in [0.5, 0.6) is 0 Å². The second kappa shape index (κ2) is 9.73. The van der Waals surface area contributed by atoms with Gasteiger partial charge in [-0.1, -0.05) is 54.6 Å². The lowest BCUT2D eigenvalue weighted by atomic mass is 9.96. The Kier molecular flexibility index (Phi) is 6.37. The number of aromatic amines is 1. The molecule has 5 nitrogen and oxygen atoms in total. The highest BCUT2D eigenvalue weighted by atomic mass is 19.1. The maximum Gasteiger partial charge on any atom is 0.326 e. The van der Waals surface area contributed by atoms with E-state index in [-0.39, 0.29) is 17.5 Å². The fourth-order valence-corrected chi connectivity index (χ4v) is 4.92. The average Bonchev–Trinajstić information content (AvgIpc) is 3.17. The van der Waals surface area contributed by atoms with E-state index in [1.54, 1.807) is 12.1 Å². The van der Waals surface area contributed by atoms with Gasteiger partial charge in [-0.05, 0) is 48.4 Å². The van der Waals surface area contributed by atoms with E-state index in [1.807, 2.05) is 47.0 Å². The minimum atomic E-state index is -0.204. The van der Waals surface area contributed by atoms with Gasteiger partial charge in [-0.15, -0.1) is 0 Å². The molecule has 1 saturated heterocycles. The van der Waals surface area contributed by atoms with Gasteiger partial charge in [0.05, 0.1) is 17.1 Å². The van der Waals surface area contributed by atoms with Crippen molar-refractivity contribution in [2.24, 2.45) is 0 Å². The standard InChI is InChI=1S/C27H29FN4O/c28-23-13-11-22(12-14-23)26(21-7-2-1-3-8-21)31-19-17-30(18-20-31)15-6-16-32-25-10-5-4-9-24(25)29-27(32)33/h1-5,7-14,26H,6,15-20H2,(H,29,33). The lowest BCUT2D eigenvalue weighted by Crippen LogP contribution is -2.48. The number of para-hydroxylation sites is 2. The van der Waals surface area contributed by atoms with Crippen molar-refractivity contribution in [1.29, 1.82) is 0 Å². The second-order valence-corrected chi connectivity index (χ2v) is 8.69. The Morgan fingerprint density at radius 1 is 0.788 bits per heavy atom. The number of rotatable bonds is 7. The number of benzene rings is 3. The smallest absolute Gasteiger partial charge is 0.306 e. The first-order valence-corrected chi connectivity index (χ1v) is 11.6. The Balaban J connectivity index is 1.21. The van der Waals surface area contributed by atoms with Crippen molar-refractivity contribution in [3.63, 3.8) is 0 Å². The topological polar surface area (TPSA) is 44.3 Å². The van der Waals surface area contributed by atoms with E-state index in [4.69, 9.17) is 0 Å². The van der Waals surface area contributed by atoms with Crippen LogP contribution in [-0.4, -0.2) is 52.1 Å². The van der Waals surface area contributed by atoms with Crippen LogP contribution in [0.25, 0.3) is 11.0 Å². The van der Waals surface area contributed by atoms with E-state index in [9.17, 15) is 9.18 Å². The molecule has 3 aromatic carbocycles. The van der Waals surface area contributed by atoms with E-state index >= 15 is 0 Å². The van der Waals surface area contributed by atoms with Crippen LogP contribution in [0.3, 0.4) is 0 Å². The number of piperazine rings is 1. The molecule has 1 fully saturated rings. The SMILES string of the molecule is O=c1[nH]c2ccccc2n1CCCN1CCN(C(c2ccccc2)c2ccc(F)cc2)CC1. The van der Waals surface area contributed by atoms with Crippen molar-refractivity contribution in [1.82, 2.24) is 19.4 Å². The number of hydrogen-bond donors (Lipinski definition) is 1. The molecule has 0 saturated carbocycles. The first kappa shape index (κ1) is 21.6. The molecule has 1 atom stereocenters. The number of H-pyrrole nitrogens is 1. The number of fused-ring (bicyclic) bond motifs is 1. The number of halogens is 1. The molecule has 5 rings (SSSR count). The lowest BCUT2D eigenvalue weighted by Gasteiger charge is -2.39. The predicted octanol–water partition coefficient (Wildman–Crippen LogP) is 4.27. The zero-order valence-corrected chi connectivity index (χ0v) is 18.7. The van der Waals surface area contributed by atoms with Gasteiger partial charge in [0.15, 0.2) is 0 Å². The van der Waals surface area contributed by atoms with Crippen LogP contribution in [-0.2, 0) is 6.54 Å². The molecule has 33 heavy (non-hydrogen) atoms. The summed E-state index contributed by atoms with van der Waals surface area (Å²) in [5, 5.41) is 0. The summed E-state index contributed by atoms with van der Waals surface area (Å²) in [5.74, 6) is -0.204. The van der Waals surface area contributed by atoms with E-state index in [0.29, 0.717) is 6.54 Å². The molecule has 0 radical (unpaired) electrons. The molecule has 170 valence electrons. The van der Waals surface area contributed by atoms with Gasteiger partial charge in [0.2, 0.25) is 0 Å². The molecule has 1 N–H and O–H groups in total. The predicted molar refractivity (Wildman–Crippen MR) is 130 cm³/mol. The molecule has 0 bridgehead atoms. The number of aryl methyl sites for hydroxylation is 1. The van der Waals surface area contributed by atoms with Crippen molar-refractivity contribution in [3.05, 3.63) is 106 Å². The third kappa shape index (κ3) is 4.77. The number of hydrogen-bond acceptors (Lipinski definition) is 3. The fraction of sp³-hybridized carbons (Fsp3) is 0.296. The van der Waals surface area contributed by atoms with Gasteiger partial charge >= 0.3 is 5.69 Å². The summed E-state index contributed by atoms with van der Waals surface area (Å²) in [4.78, 5) is 20.2. The van der Waals surface area contributed by atoms with E-state index in [2.05, 4.69) is 39.0 Å². The Labute approximate surface area is 193 Å². The Morgan fingerprint density at radius 2 is 1.45 bits per heavy atom. The van der Waals surface area contributed by atoms with Crippen molar-refractivity contribution in [2.45, 2.75) is 19.0 Å². The van der Waals surface area contributed by atoms with Gasteiger partial charge in [0.25, 0.3) is 0 Å². The number of nitrogens with one attached hydrogen (secondary N) is 1. The molecule has 0 aliphatic carbocycles. The highest BCUT2D eigenvalue weighted by molar-refractivity contribution is 5.74. The molecule has 1 aromatic heterocycles.